The third kappa shape index (κ3) is 5.14. The van der Waals surface area contributed by atoms with Gasteiger partial charge in [0.2, 0.25) is 11.8 Å². The molecule has 1 aliphatic heterocycles. The maximum Gasteiger partial charge on any atom is 0.270 e. The van der Waals surface area contributed by atoms with Gasteiger partial charge in [0.15, 0.2) is 0 Å². The molecular weight excluding hydrogens is 424 g/mol. The molecule has 4 rings (SSSR count). The van der Waals surface area contributed by atoms with E-state index in [9.17, 15) is 19.7 Å². The maximum absolute atomic E-state index is 12.8. The van der Waals surface area contributed by atoms with E-state index in [1.807, 2.05) is 29.2 Å². The highest BCUT2D eigenvalue weighted by Crippen LogP contribution is 2.22. The normalized spacial score (nSPS) is 13.8. The van der Waals surface area contributed by atoms with Crippen molar-refractivity contribution in [3.05, 3.63) is 70.4 Å². The molecule has 9 nitrogen and oxygen atoms in total. The molecule has 2 amide bonds. The van der Waals surface area contributed by atoms with Crippen LogP contribution in [-0.2, 0) is 22.6 Å². The molecule has 3 aromatic rings. The fourth-order valence-corrected chi connectivity index (χ4v) is 4.09. The zero-order chi connectivity index (χ0) is 23.4. The van der Waals surface area contributed by atoms with E-state index in [0.717, 1.165) is 22.2 Å². The number of aromatic nitrogens is 1. The molecule has 0 radical (unpaired) electrons. The smallest absolute Gasteiger partial charge is 0.270 e. The van der Waals surface area contributed by atoms with Crippen molar-refractivity contribution in [2.75, 3.05) is 33.3 Å². The number of rotatable bonds is 7. The van der Waals surface area contributed by atoms with Gasteiger partial charge in [-0.3, -0.25) is 19.7 Å². The van der Waals surface area contributed by atoms with E-state index in [0.29, 0.717) is 39.0 Å². The lowest BCUT2D eigenvalue weighted by molar-refractivity contribution is -0.384. The van der Waals surface area contributed by atoms with Gasteiger partial charge in [0, 0.05) is 61.8 Å². The third-order valence-corrected chi connectivity index (χ3v) is 6.04. The SMILES string of the molecule is COc1ccc(CCC(=O)N2CCN(C(=O)Cn3ccc4cc([N+](=O)[O-])ccc43)CC2)cc1. The Morgan fingerprint density at radius 1 is 0.970 bits per heavy atom. The lowest BCUT2D eigenvalue weighted by Gasteiger charge is -2.35. The van der Waals surface area contributed by atoms with Crippen molar-refractivity contribution >= 4 is 28.4 Å². The largest absolute Gasteiger partial charge is 0.497 e. The van der Waals surface area contributed by atoms with Gasteiger partial charge in [-0.15, -0.1) is 0 Å². The molecule has 172 valence electrons. The zero-order valence-electron chi connectivity index (χ0n) is 18.5. The highest BCUT2D eigenvalue weighted by molar-refractivity contribution is 5.85. The van der Waals surface area contributed by atoms with Gasteiger partial charge in [-0.1, -0.05) is 12.1 Å². The van der Waals surface area contributed by atoms with E-state index in [2.05, 4.69) is 0 Å². The molecule has 0 bridgehead atoms. The summed E-state index contributed by atoms with van der Waals surface area (Å²) in [5, 5.41) is 11.7. The molecule has 0 aliphatic carbocycles. The fourth-order valence-electron chi connectivity index (χ4n) is 4.09. The van der Waals surface area contributed by atoms with Crippen LogP contribution in [0.5, 0.6) is 5.75 Å². The molecule has 0 N–H and O–H groups in total. The number of ether oxygens (including phenoxy) is 1. The quantitative estimate of drug-likeness (QED) is 0.407. The molecule has 1 fully saturated rings. The number of non-ortho nitro benzene ring substituents is 1. The minimum Gasteiger partial charge on any atom is -0.497 e. The monoisotopic (exact) mass is 450 g/mol. The zero-order valence-corrected chi connectivity index (χ0v) is 18.5. The van der Waals surface area contributed by atoms with Crippen LogP contribution in [0.2, 0.25) is 0 Å². The predicted octanol–water partition coefficient (Wildman–Crippen LogP) is 2.86. The van der Waals surface area contributed by atoms with E-state index in [1.54, 1.807) is 34.9 Å². The number of nitro groups is 1. The second-order valence-electron chi connectivity index (χ2n) is 8.05. The standard InChI is InChI=1S/C24H26N4O5/c1-33-21-6-2-18(3-7-21)4-9-23(29)25-12-14-26(15-13-25)24(30)17-27-11-10-19-16-20(28(31)32)5-8-22(19)27/h2-3,5-8,10-11,16H,4,9,12-15,17H2,1H3. The number of nitrogens with zero attached hydrogens (tertiary/aromatic N) is 4. The summed E-state index contributed by atoms with van der Waals surface area (Å²) < 4.78 is 6.95. The molecule has 9 heteroatoms. The first-order valence-electron chi connectivity index (χ1n) is 10.9. The first kappa shape index (κ1) is 22.3. The third-order valence-electron chi connectivity index (χ3n) is 6.04. The molecule has 0 unspecified atom stereocenters. The minimum absolute atomic E-state index is 0.0272. The predicted molar refractivity (Wildman–Crippen MR) is 123 cm³/mol. The Bertz CT molecular complexity index is 1160. The van der Waals surface area contributed by atoms with Gasteiger partial charge >= 0.3 is 0 Å². The van der Waals surface area contributed by atoms with Gasteiger partial charge in [-0.25, -0.2) is 0 Å². The molecule has 0 spiro atoms. The number of amides is 2. The summed E-state index contributed by atoms with van der Waals surface area (Å²) in [5.74, 6) is 0.854. The van der Waals surface area contributed by atoms with Crippen LogP contribution in [0.4, 0.5) is 5.69 Å². The number of aryl methyl sites for hydroxylation is 1. The van der Waals surface area contributed by atoms with Gasteiger partial charge in [0.1, 0.15) is 12.3 Å². The number of hydrogen-bond acceptors (Lipinski definition) is 5. The van der Waals surface area contributed by atoms with Crippen molar-refractivity contribution in [1.82, 2.24) is 14.4 Å². The molecule has 2 aromatic carbocycles. The Balaban J connectivity index is 1.27. The first-order valence-corrected chi connectivity index (χ1v) is 10.9. The number of fused-ring (bicyclic) bond motifs is 1. The lowest BCUT2D eigenvalue weighted by Crippen LogP contribution is -2.51. The Hall–Kier alpha value is -3.88. The number of carbonyl (C=O) groups excluding carboxylic acids is 2. The highest BCUT2D eigenvalue weighted by atomic mass is 16.6. The Labute approximate surface area is 191 Å². The molecule has 1 saturated heterocycles. The number of nitro benzene ring substituents is 1. The van der Waals surface area contributed by atoms with Crippen LogP contribution in [-0.4, -0.2) is 64.4 Å². The van der Waals surface area contributed by atoms with Crippen LogP contribution >= 0.6 is 0 Å². The fraction of sp³-hybridized carbons (Fsp3) is 0.333. The molecule has 1 aromatic heterocycles. The second-order valence-corrected chi connectivity index (χ2v) is 8.05. The lowest BCUT2D eigenvalue weighted by atomic mass is 10.1. The number of piperazine rings is 1. The summed E-state index contributed by atoms with van der Waals surface area (Å²) in [4.78, 5) is 39.5. The van der Waals surface area contributed by atoms with Crippen LogP contribution in [0.1, 0.15) is 12.0 Å². The Morgan fingerprint density at radius 2 is 1.64 bits per heavy atom. The summed E-state index contributed by atoms with van der Waals surface area (Å²) in [5.41, 5.74) is 1.89. The first-order chi connectivity index (χ1) is 15.9. The Morgan fingerprint density at radius 3 is 2.27 bits per heavy atom. The van der Waals surface area contributed by atoms with Crippen molar-refractivity contribution in [3.8, 4) is 5.75 Å². The second kappa shape index (κ2) is 9.72. The molecule has 33 heavy (non-hydrogen) atoms. The van der Waals surface area contributed by atoms with Crippen LogP contribution in [0.15, 0.2) is 54.7 Å². The number of methoxy groups -OCH3 is 1. The number of carbonyl (C=O) groups is 2. The van der Waals surface area contributed by atoms with Gasteiger partial charge in [0.25, 0.3) is 5.69 Å². The van der Waals surface area contributed by atoms with Crippen LogP contribution in [0.25, 0.3) is 10.9 Å². The van der Waals surface area contributed by atoms with E-state index in [4.69, 9.17) is 4.74 Å². The van der Waals surface area contributed by atoms with E-state index in [-0.39, 0.29) is 24.0 Å². The van der Waals surface area contributed by atoms with Crippen molar-refractivity contribution < 1.29 is 19.2 Å². The molecule has 1 aliphatic rings. The minimum atomic E-state index is -0.431. The summed E-state index contributed by atoms with van der Waals surface area (Å²) in [6.07, 6.45) is 2.87. The topological polar surface area (TPSA) is 97.9 Å². The van der Waals surface area contributed by atoms with E-state index in [1.165, 1.54) is 12.1 Å². The van der Waals surface area contributed by atoms with Crippen molar-refractivity contribution in [1.29, 1.82) is 0 Å². The maximum atomic E-state index is 12.8. The van der Waals surface area contributed by atoms with Crippen molar-refractivity contribution in [2.24, 2.45) is 0 Å². The summed E-state index contributed by atoms with van der Waals surface area (Å²) in [7, 11) is 1.62. The Kier molecular flexibility index (Phi) is 6.58. The van der Waals surface area contributed by atoms with E-state index >= 15 is 0 Å². The average molecular weight is 450 g/mol. The van der Waals surface area contributed by atoms with Gasteiger partial charge in [0.05, 0.1) is 12.0 Å². The van der Waals surface area contributed by atoms with Crippen molar-refractivity contribution in [3.63, 3.8) is 0 Å². The van der Waals surface area contributed by atoms with E-state index < -0.39 is 4.92 Å². The van der Waals surface area contributed by atoms with Gasteiger partial charge in [-0.2, -0.15) is 0 Å². The van der Waals surface area contributed by atoms with Crippen LogP contribution in [0, 0.1) is 10.1 Å². The highest BCUT2D eigenvalue weighted by Gasteiger charge is 2.24. The van der Waals surface area contributed by atoms with Gasteiger partial charge in [-0.05, 0) is 36.2 Å². The molecule has 0 saturated carbocycles. The summed E-state index contributed by atoms with van der Waals surface area (Å²) >= 11 is 0. The summed E-state index contributed by atoms with van der Waals surface area (Å²) in [6, 6.07) is 14.1. The summed E-state index contributed by atoms with van der Waals surface area (Å²) in [6.45, 7) is 2.19. The number of hydrogen-bond donors (Lipinski definition) is 0. The number of benzene rings is 2. The van der Waals surface area contributed by atoms with Crippen molar-refractivity contribution in [2.45, 2.75) is 19.4 Å². The molecule has 2 heterocycles. The molecule has 0 atom stereocenters. The van der Waals surface area contributed by atoms with Gasteiger partial charge < -0.3 is 19.1 Å². The van der Waals surface area contributed by atoms with Crippen LogP contribution in [0.3, 0.4) is 0 Å². The van der Waals surface area contributed by atoms with Crippen LogP contribution < -0.4 is 4.74 Å². The average Bonchev–Trinajstić information content (AvgIpc) is 3.24. The molecular formula is C24H26N4O5.